The van der Waals surface area contributed by atoms with E-state index < -0.39 is 5.60 Å². The molecule has 1 heterocycles. The number of amidine groups is 1. The van der Waals surface area contributed by atoms with E-state index in [9.17, 15) is 9.90 Å². The molecule has 0 saturated heterocycles. The zero-order chi connectivity index (χ0) is 22.5. The Kier molecular flexibility index (Phi) is 5.63. The van der Waals surface area contributed by atoms with Crippen molar-refractivity contribution in [2.45, 2.75) is 77.2 Å². The Morgan fingerprint density at radius 2 is 1.97 bits per heavy atom. The fraction of sp³-hybridized carbons (Fsp3) is 0.769. The molecule has 5 aliphatic rings. The van der Waals surface area contributed by atoms with E-state index in [0.717, 1.165) is 37.0 Å². The standard InChI is InChI=1S/C26H38N4O2/c1-25(32)9-7-18-16(11-25)3-4-20-19(18)8-10-26(2)21(20)5-6-22(26)23(31)14-28-12-17-13-29-15-30-24(17)27/h12-13,15-16,18-22,27-28,32H,3-11,14H2,1-2H3/b17-12-,27-24?/t16-,18-,19-,20-,21+,22-,25-,26+/m1/s1. The Labute approximate surface area is 191 Å². The molecule has 0 unspecified atom stereocenters. The molecule has 1 aliphatic heterocycles. The summed E-state index contributed by atoms with van der Waals surface area (Å²) >= 11 is 0. The van der Waals surface area contributed by atoms with Crippen molar-refractivity contribution >= 4 is 24.2 Å². The molecule has 0 radical (unpaired) electrons. The maximum atomic E-state index is 13.3. The predicted molar refractivity (Wildman–Crippen MR) is 127 cm³/mol. The van der Waals surface area contributed by atoms with Crippen LogP contribution in [-0.4, -0.2) is 41.4 Å². The number of hydrogen-bond donors (Lipinski definition) is 3. The van der Waals surface area contributed by atoms with Crippen LogP contribution in [-0.2, 0) is 4.79 Å². The number of rotatable bonds is 4. The predicted octanol–water partition coefficient (Wildman–Crippen LogP) is 4.14. The van der Waals surface area contributed by atoms with Crippen molar-refractivity contribution in [1.29, 1.82) is 5.41 Å². The third-order valence-electron chi connectivity index (χ3n) is 9.90. The van der Waals surface area contributed by atoms with Crippen molar-refractivity contribution in [3.8, 4) is 0 Å². The van der Waals surface area contributed by atoms with Crippen molar-refractivity contribution in [2.75, 3.05) is 6.54 Å². The van der Waals surface area contributed by atoms with Crippen LogP contribution in [0.3, 0.4) is 0 Å². The molecule has 6 nitrogen and oxygen atoms in total. The number of nitrogens with one attached hydrogen (secondary N) is 2. The van der Waals surface area contributed by atoms with Gasteiger partial charge in [0.05, 0.1) is 17.7 Å². The number of aliphatic imine (C=N–C) groups is 2. The second-order valence-electron chi connectivity index (χ2n) is 11.7. The molecule has 0 bridgehead atoms. The van der Waals surface area contributed by atoms with Gasteiger partial charge in [0.15, 0.2) is 11.6 Å². The van der Waals surface area contributed by atoms with Gasteiger partial charge < -0.3 is 10.4 Å². The van der Waals surface area contributed by atoms with Gasteiger partial charge >= 0.3 is 0 Å². The first-order chi connectivity index (χ1) is 15.3. The average molecular weight is 439 g/mol. The van der Waals surface area contributed by atoms with Gasteiger partial charge in [0, 0.05) is 18.3 Å². The fourth-order valence-corrected chi connectivity index (χ4v) is 8.44. The number of carbonyl (C=O) groups excluding carboxylic acids is 1. The van der Waals surface area contributed by atoms with Crippen molar-refractivity contribution in [3.05, 3.63) is 11.8 Å². The lowest BCUT2D eigenvalue weighted by Crippen LogP contribution is -2.51. The van der Waals surface area contributed by atoms with Gasteiger partial charge in [0.2, 0.25) is 0 Å². The number of fused-ring (bicyclic) bond motifs is 5. The van der Waals surface area contributed by atoms with Crippen LogP contribution in [0, 0.1) is 46.3 Å². The van der Waals surface area contributed by atoms with Crippen LogP contribution in [0.25, 0.3) is 0 Å². The first kappa shape index (κ1) is 22.0. The van der Waals surface area contributed by atoms with E-state index in [1.807, 2.05) is 6.92 Å². The van der Waals surface area contributed by atoms with Crippen LogP contribution in [0.4, 0.5) is 0 Å². The Hall–Kier alpha value is -1.82. The largest absolute Gasteiger partial charge is 0.390 e. The quantitative estimate of drug-likeness (QED) is 0.615. The SMILES string of the molecule is C[C@@]1(O)CC[C@@H]2[C@H](CC[C@@H]3[C@@H]2CC[C@]2(C)[C@@H](C(=O)CN/C=C4/C=NC=NC4=N)CC[C@@H]32)C1. The second kappa shape index (κ2) is 8.19. The van der Waals surface area contributed by atoms with Crippen LogP contribution >= 0.6 is 0 Å². The van der Waals surface area contributed by atoms with Gasteiger partial charge in [-0.3, -0.25) is 10.2 Å². The van der Waals surface area contributed by atoms with Gasteiger partial charge in [-0.2, -0.15) is 0 Å². The minimum absolute atomic E-state index is 0.128. The third-order valence-corrected chi connectivity index (χ3v) is 9.90. The molecular weight excluding hydrogens is 400 g/mol. The smallest absolute Gasteiger partial charge is 0.156 e. The number of ketones is 1. The van der Waals surface area contributed by atoms with Crippen LogP contribution in [0.1, 0.15) is 71.6 Å². The summed E-state index contributed by atoms with van der Waals surface area (Å²) < 4.78 is 0. The van der Waals surface area contributed by atoms with E-state index in [2.05, 4.69) is 22.2 Å². The lowest BCUT2D eigenvalue weighted by molar-refractivity contribution is -0.131. The van der Waals surface area contributed by atoms with Gasteiger partial charge in [-0.05, 0) is 99.7 Å². The summed E-state index contributed by atoms with van der Waals surface area (Å²) in [6.45, 7) is 4.74. The Bertz CT molecular complexity index is 875. The van der Waals surface area contributed by atoms with E-state index in [0.29, 0.717) is 29.7 Å². The van der Waals surface area contributed by atoms with Gasteiger partial charge in [0.25, 0.3) is 0 Å². The number of Topliss-reactive ketones (excluding diaryl/α,β-unsaturated/α-hetero) is 1. The molecular formula is C26H38N4O2. The highest BCUT2D eigenvalue weighted by Gasteiger charge is 2.58. The van der Waals surface area contributed by atoms with Gasteiger partial charge in [-0.25, -0.2) is 9.98 Å². The molecule has 0 aromatic rings. The number of hydrogen-bond acceptors (Lipinski definition) is 5. The van der Waals surface area contributed by atoms with Crippen molar-refractivity contribution in [2.24, 2.45) is 50.9 Å². The minimum Gasteiger partial charge on any atom is -0.390 e. The molecule has 8 atom stereocenters. The molecule has 4 saturated carbocycles. The summed E-state index contributed by atoms with van der Waals surface area (Å²) in [5.74, 6) is 4.36. The maximum Gasteiger partial charge on any atom is 0.156 e. The van der Waals surface area contributed by atoms with Gasteiger partial charge in [-0.15, -0.1) is 0 Å². The van der Waals surface area contributed by atoms with Crippen molar-refractivity contribution < 1.29 is 9.90 Å². The molecule has 4 aliphatic carbocycles. The van der Waals surface area contributed by atoms with Crippen LogP contribution in [0.5, 0.6) is 0 Å². The monoisotopic (exact) mass is 438 g/mol. The second-order valence-corrected chi connectivity index (χ2v) is 11.7. The van der Waals surface area contributed by atoms with Gasteiger partial charge in [-0.1, -0.05) is 6.92 Å². The fourth-order valence-electron chi connectivity index (χ4n) is 8.44. The zero-order valence-electron chi connectivity index (χ0n) is 19.5. The lowest BCUT2D eigenvalue weighted by atomic mass is 9.49. The zero-order valence-corrected chi connectivity index (χ0v) is 19.5. The van der Waals surface area contributed by atoms with Crippen LogP contribution < -0.4 is 5.32 Å². The highest BCUT2D eigenvalue weighted by atomic mass is 16.3. The molecule has 0 aromatic heterocycles. The molecule has 0 spiro atoms. The summed E-state index contributed by atoms with van der Waals surface area (Å²) in [5.41, 5.74) is 0.279. The number of carbonyl (C=O) groups is 1. The summed E-state index contributed by atoms with van der Waals surface area (Å²) in [4.78, 5) is 21.1. The number of aliphatic hydroxyl groups is 1. The van der Waals surface area contributed by atoms with E-state index in [4.69, 9.17) is 5.41 Å². The number of nitrogens with zero attached hydrogens (tertiary/aromatic N) is 2. The molecule has 32 heavy (non-hydrogen) atoms. The highest BCUT2D eigenvalue weighted by molar-refractivity contribution is 6.19. The molecule has 5 rings (SSSR count). The lowest BCUT2D eigenvalue weighted by Gasteiger charge is -2.56. The maximum absolute atomic E-state index is 13.3. The van der Waals surface area contributed by atoms with Crippen LogP contribution in [0.15, 0.2) is 21.8 Å². The van der Waals surface area contributed by atoms with E-state index in [-0.39, 0.29) is 17.2 Å². The van der Waals surface area contributed by atoms with Gasteiger partial charge in [0.1, 0.15) is 6.34 Å². The molecule has 0 amide bonds. The van der Waals surface area contributed by atoms with E-state index in [1.54, 1.807) is 12.4 Å². The Morgan fingerprint density at radius 1 is 1.16 bits per heavy atom. The van der Waals surface area contributed by atoms with Crippen molar-refractivity contribution in [3.63, 3.8) is 0 Å². The third kappa shape index (κ3) is 3.78. The first-order valence-corrected chi connectivity index (χ1v) is 12.6. The molecule has 4 fully saturated rings. The molecule has 6 heteroatoms. The Balaban J connectivity index is 1.23. The first-order valence-electron chi connectivity index (χ1n) is 12.6. The molecule has 174 valence electrons. The Morgan fingerprint density at radius 3 is 2.78 bits per heavy atom. The average Bonchev–Trinajstić information content (AvgIpc) is 3.11. The topological polar surface area (TPSA) is 97.9 Å². The summed E-state index contributed by atoms with van der Waals surface area (Å²) in [6.07, 6.45) is 15.0. The highest BCUT2D eigenvalue weighted by Crippen LogP contribution is 2.64. The molecule has 0 aromatic carbocycles. The minimum atomic E-state index is -0.460. The normalized spacial score (nSPS) is 46.5. The van der Waals surface area contributed by atoms with Crippen LogP contribution in [0.2, 0.25) is 0 Å². The summed E-state index contributed by atoms with van der Waals surface area (Å²) in [5, 5.41) is 21.6. The summed E-state index contributed by atoms with van der Waals surface area (Å²) in [7, 11) is 0. The summed E-state index contributed by atoms with van der Waals surface area (Å²) in [6, 6.07) is 0. The molecule has 3 N–H and O–H groups in total. The van der Waals surface area contributed by atoms with E-state index in [1.165, 1.54) is 44.9 Å². The van der Waals surface area contributed by atoms with Crippen molar-refractivity contribution in [1.82, 2.24) is 5.32 Å². The van der Waals surface area contributed by atoms with E-state index >= 15 is 0 Å².